The molecule has 28 heavy (non-hydrogen) atoms. The van der Waals surface area contributed by atoms with E-state index in [9.17, 15) is 20.0 Å². The van der Waals surface area contributed by atoms with Crippen LogP contribution in [0.1, 0.15) is 56.3 Å². The van der Waals surface area contributed by atoms with Gasteiger partial charge in [-0.15, -0.1) is 0 Å². The van der Waals surface area contributed by atoms with Crippen molar-refractivity contribution in [3.8, 4) is 5.75 Å². The van der Waals surface area contributed by atoms with E-state index >= 15 is 0 Å². The third kappa shape index (κ3) is 3.36. The van der Waals surface area contributed by atoms with Crippen LogP contribution in [0.5, 0.6) is 5.75 Å². The molecule has 0 saturated heterocycles. The van der Waals surface area contributed by atoms with Crippen LogP contribution in [0.15, 0.2) is 18.2 Å². The Kier molecular flexibility index (Phi) is 5.04. The van der Waals surface area contributed by atoms with E-state index in [-0.39, 0.29) is 29.0 Å². The number of hydrogen-bond donors (Lipinski definition) is 1. The zero-order valence-corrected chi connectivity index (χ0v) is 16.2. The maximum Gasteiger partial charge on any atom is 0.335 e. The van der Waals surface area contributed by atoms with E-state index in [0.29, 0.717) is 5.92 Å². The Balaban J connectivity index is 1.53. The largest absolute Gasteiger partial charge is 0.478 e. The molecule has 6 unspecified atom stereocenters. The van der Waals surface area contributed by atoms with E-state index in [1.165, 1.54) is 43.9 Å². The minimum atomic E-state index is -1.15. The molecule has 1 aromatic carbocycles. The van der Waals surface area contributed by atoms with E-state index in [1.54, 1.807) is 0 Å². The van der Waals surface area contributed by atoms with Crippen molar-refractivity contribution in [2.75, 3.05) is 0 Å². The quantitative estimate of drug-likeness (QED) is 0.419. The molecular weight excluding hydrogens is 362 g/mol. The summed E-state index contributed by atoms with van der Waals surface area (Å²) >= 11 is 0. The fraction of sp³-hybridized carbons (Fsp3) is 0.667. The lowest BCUT2D eigenvalue weighted by Gasteiger charge is -2.35. The van der Waals surface area contributed by atoms with E-state index in [1.807, 2.05) is 13.8 Å². The Bertz CT molecular complexity index is 778. The highest BCUT2D eigenvalue weighted by Crippen LogP contribution is 2.59. The number of nitro benzene ring substituents is 1. The van der Waals surface area contributed by atoms with Crippen LogP contribution in [-0.2, 0) is 4.74 Å². The first-order valence-electron chi connectivity index (χ1n) is 10.2. The minimum Gasteiger partial charge on any atom is -0.478 e. The van der Waals surface area contributed by atoms with E-state index < -0.39 is 17.2 Å². The number of benzene rings is 1. The molecule has 1 N–H and O–H groups in total. The molecule has 3 fully saturated rings. The second kappa shape index (κ2) is 7.35. The molecule has 4 rings (SSSR count). The standard InChI is InChI=1S/C21H27NO6/c1-11(2)21(27-18-10-13-8-16(18)15-5-3-4-14(13)15)28-19-9-12(20(23)24)6-7-17(19)22(25)26/h6-7,9,11,13-16,18,21H,3-5,8,10H2,1-2H3,(H,23,24). The fourth-order valence-electron chi connectivity index (χ4n) is 5.67. The van der Waals surface area contributed by atoms with Crippen LogP contribution >= 0.6 is 0 Å². The maximum absolute atomic E-state index is 11.4. The summed E-state index contributed by atoms with van der Waals surface area (Å²) in [6.45, 7) is 3.90. The highest BCUT2D eigenvalue weighted by molar-refractivity contribution is 5.88. The van der Waals surface area contributed by atoms with E-state index in [4.69, 9.17) is 9.47 Å². The Morgan fingerprint density at radius 1 is 1.21 bits per heavy atom. The molecule has 0 radical (unpaired) electrons. The predicted octanol–water partition coefficient (Wildman–Crippen LogP) is 4.50. The van der Waals surface area contributed by atoms with Gasteiger partial charge in [-0.3, -0.25) is 10.1 Å². The van der Waals surface area contributed by atoms with Gasteiger partial charge in [-0.05, 0) is 55.4 Å². The van der Waals surface area contributed by atoms with Crippen LogP contribution in [0, 0.1) is 39.7 Å². The summed E-state index contributed by atoms with van der Waals surface area (Å²) in [5, 5.41) is 20.6. The molecule has 3 aliphatic rings. The molecule has 0 amide bonds. The summed E-state index contributed by atoms with van der Waals surface area (Å²) in [5.74, 6) is 1.68. The molecule has 6 atom stereocenters. The average molecular weight is 389 g/mol. The van der Waals surface area contributed by atoms with Crippen molar-refractivity contribution in [1.29, 1.82) is 0 Å². The van der Waals surface area contributed by atoms with Gasteiger partial charge >= 0.3 is 11.7 Å². The highest BCUT2D eigenvalue weighted by atomic mass is 16.7. The van der Waals surface area contributed by atoms with Crippen LogP contribution < -0.4 is 4.74 Å². The lowest BCUT2D eigenvalue weighted by Crippen LogP contribution is -2.37. The number of aromatic carboxylic acids is 1. The monoisotopic (exact) mass is 389 g/mol. The topological polar surface area (TPSA) is 98.9 Å². The third-order valence-corrected chi connectivity index (χ3v) is 6.87. The lowest BCUT2D eigenvalue weighted by atomic mass is 9.80. The second-order valence-corrected chi connectivity index (χ2v) is 8.80. The minimum absolute atomic E-state index is 0.0217. The summed E-state index contributed by atoms with van der Waals surface area (Å²) < 4.78 is 12.3. The summed E-state index contributed by atoms with van der Waals surface area (Å²) in [7, 11) is 0. The van der Waals surface area contributed by atoms with Gasteiger partial charge in [0.1, 0.15) is 0 Å². The van der Waals surface area contributed by atoms with Crippen LogP contribution in [0.4, 0.5) is 5.69 Å². The Hall–Kier alpha value is -2.15. The molecule has 152 valence electrons. The van der Waals surface area contributed by atoms with Crippen molar-refractivity contribution in [1.82, 2.24) is 0 Å². The predicted molar refractivity (Wildman–Crippen MR) is 101 cm³/mol. The van der Waals surface area contributed by atoms with Crippen LogP contribution in [0.2, 0.25) is 0 Å². The number of nitro groups is 1. The zero-order chi connectivity index (χ0) is 20.0. The molecule has 3 aliphatic carbocycles. The van der Waals surface area contributed by atoms with Gasteiger partial charge in [0, 0.05) is 18.1 Å². The van der Waals surface area contributed by atoms with Gasteiger partial charge < -0.3 is 14.6 Å². The summed E-state index contributed by atoms with van der Waals surface area (Å²) in [6, 6.07) is 3.61. The van der Waals surface area contributed by atoms with Crippen molar-refractivity contribution in [3.63, 3.8) is 0 Å². The molecular formula is C21H27NO6. The van der Waals surface area contributed by atoms with Crippen molar-refractivity contribution in [3.05, 3.63) is 33.9 Å². The first kappa shape index (κ1) is 19.2. The summed E-state index contributed by atoms with van der Waals surface area (Å²) in [6.07, 6.45) is 5.68. The SMILES string of the molecule is CC(C)C(Oc1cc(C(=O)O)ccc1[N+](=O)[O-])OC1CC2CC1C1CCCC21. The smallest absolute Gasteiger partial charge is 0.335 e. The number of fused-ring (bicyclic) bond motifs is 5. The lowest BCUT2D eigenvalue weighted by molar-refractivity contribution is -0.386. The van der Waals surface area contributed by atoms with Gasteiger partial charge in [0.15, 0.2) is 0 Å². The number of carbonyl (C=O) groups is 1. The molecule has 7 heteroatoms. The Morgan fingerprint density at radius 2 is 1.96 bits per heavy atom. The van der Waals surface area contributed by atoms with Crippen molar-refractivity contribution in [2.24, 2.45) is 29.6 Å². The molecule has 0 spiro atoms. The first-order chi connectivity index (χ1) is 13.3. The second-order valence-electron chi connectivity index (χ2n) is 8.80. The van der Waals surface area contributed by atoms with Gasteiger partial charge in [0.25, 0.3) is 0 Å². The van der Waals surface area contributed by atoms with Gasteiger partial charge in [-0.1, -0.05) is 20.3 Å². The maximum atomic E-state index is 11.4. The number of carboxylic acids is 1. The molecule has 7 nitrogen and oxygen atoms in total. The number of hydrogen-bond acceptors (Lipinski definition) is 5. The van der Waals surface area contributed by atoms with Crippen LogP contribution in [0.25, 0.3) is 0 Å². The normalized spacial score (nSPS) is 31.8. The number of ether oxygens (including phenoxy) is 2. The first-order valence-corrected chi connectivity index (χ1v) is 10.2. The Morgan fingerprint density at radius 3 is 2.64 bits per heavy atom. The number of carboxylic acid groups (broad SMARTS) is 1. The molecule has 3 saturated carbocycles. The molecule has 1 aromatic rings. The molecule has 0 heterocycles. The van der Waals surface area contributed by atoms with Gasteiger partial charge in [-0.2, -0.15) is 0 Å². The fourth-order valence-corrected chi connectivity index (χ4v) is 5.67. The highest BCUT2D eigenvalue weighted by Gasteiger charge is 2.54. The average Bonchev–Trinajstić information content (AvgIpc) is 3.33. The third-order valence-electron chi connectivity index (χ3n) is 6.87. The number of rotatable bonds is 7. The van der Waals surface area contributed by atoms with Gasteiger partial charge in [-0.25, -0.2) is 4.79 Å². The molecule has 0 aliphatic heterocycles. The Labute approximate surface area is 164 Å². The summed E-state index contributed by atoms with van der Waals surface area (Å²) in [5.41, 5.74) is -0.292. The van der Waals surface area contributed by atoms with Gasteiger partial charge in [0.2, 0.25) is 12.0 Å². The van der Waals surface area contributed by atoms with Crippen molar-refractivity contribution < 1.29 is 24.3 Å². The van der Waals surface area contributed by atoms with Gasteiger partial charge in [0.05, 0.1) is 16.6 Å². The zero-order valence-electron chi connectivity index (χ0n) is 16.2. The van der Waals surface area contributed by atoms with Crippen molar-refractivity contribution >= 4 is 11.7 Å². The molecule has 2 bridgehead atoms. The van der Waals surface area contributed by atoms with E-state index in [2.05, 4.69) is 0 Å². The van der Waals surface area contributed by atoms with Crippen LogP contribution in [-0.4, -0.2) is 28.4 Å². The van der Waals surface area contributed by atoms with Crippen molar-refractivity contribution in [2.45, 2.75) is 58.3 Å². The van der Waals surface area contributed by atoms with Crippen LogP contribution in [0.3, 0.4) is 0 Å². The molecule has 0 aromatic heterocycles. The van der Waals surface area contributed by atoms with E-state index in [0.717, 1.165) is 24.2 Å². The summed E-state index contributed by atoms with van der Waals surface area (Å²) in [4.78, 5) is 22.1. The number of nitrogens with zero attached hydrogens (tertiary/aromatic N) is 1.